The predicted octanol–water partition coefficient (Wildman–Crippen LogP) is 3.94. The van der Waals surface area contributed by atoms with Gasteiger partial charge < -0.3 is 20.3 Å². The molecule has 7 heteroatoms. The maximum absolute atomic E-state index is 12.5. The largest absolute Gasteiger partial charge is 0.466 e. The molecular formula is C24H39N3O4. The average Bonchev–Trinajstić information content (AvgIpc) is 2.65. The first kappa shape index (κ1) is 26.5. The second kappa shape index (κ2) is 13.0. The molecule has 0 heterocycles. The summed E-state index contributed by atoms with van der Waals surface area (Å²) >= 11 is 0. The van der Waals surface area contributed by atoms with Crippen molar-refractivity contribution in [1.82, 2.24) is 5.32 Å². The number of nitrogens with one attached hydrogen (secondary N) is 2. The average molecular weight is 434 g/mol. The Hall–Kier alpha value is -2.57. The van der Waals surface area contributed by atoms with Gasteiger partial charge in [0.15, 0.2) is 0 Å². The van der Waals surface area contributed by atoms with Crippen LogP contribution in [-0.2, 0) is 19.1 Å². The number of benzene rings is 1. The molecule has 0 aliphatic heterocycles. The third-order valence-corrected chi connectivity index (χ3v) is 4.65. The van der Waals surface area contributed by atoms with Crippen LogP contribution in [0.15, 0.2) is 18.2 Å². The van der Waals surface area contributed by atoms with E-state index in [0.717, 1.165) is 24.3 Å². The lowest BCUT2D eigenvalue weighted by molar-refractivity contribution is -0.143. The topological polar surface area (TPSA) is 87.7 Å². The summed E-state index contributed by atoms with van der Waals surface area (Å²) in [5.41, 5.74) is 2.57. The number of rotatable bonds is 12. The third kappa shape index (κ3) is 9.85. The summed E-state index contributed by atoms with van der Waals surface area (Å²) in [6, 6.07) is 5.95. The number of nitrogens with zero attached hydrogens (tertiary/aromatic N) is 1. The smallest absolute Gasteiger partial charge is 0.306 e. The van der Waals surface area contributed by atoms with Gasteiger partial charge in [-0.15, -0.1) is 0 Å². The Kier molecular flexibility index (Phi) is 11.1. The molecule has 2 N–H and O–H groups in total. The van der Waals surface area contributed by atoms with Gasteiger partial charge in [-0.1, -0.05) is 40.7 Å². The van der Waals surface area contributed by atoms with Crippen LogP contribution in [-0.4, -0.2) is 44.0 Å². The third-order valence-electron chi connectivity index (χ3n) is 4.65. The molecule has 1 rings (SSSR count). The number of hydrogen-bond acceptors (Lipinski definition) is 5. The molecule has 0 spiro atoms. The van der Waals surface area contributed by atoms with Crippen molar-refractivity contribution in [3.05, 3.63) is 23.8 Å². The Morgan fingerprint density at radius 3 is 2.16 bits per heavy atom. The van der Waals surface area contributed by atoms with E-state index in [2.05, 4.69) is 43.2 Å². The van der Waals surface area contributed by atoms with Crippen molar-refractivity contribution in [3.8, 4) is 0 Å². The summed E-state index contributed by atoms with van der Waals surface area (Å²) in [6.45, 7) is 15.8. The first-order valence-corrected chi connectivity index (χ1v) is 11.1. The minimum absolute atomic E-state index is 0.0530. The Bertz CT molecular complexity index is 736. The summed E-state index contributed by atoms with van der Waals surface area (Å²) in [6.07, 6.45) is 0.272. The lowest BCUT2D eigenvalue weighted by Gasteiger charge is -2.31. The van der Waals surface area contributed by atoms with E-state index in [4.69, 9.17) is 4.74 Å². The van der Waals surface area contributed by atoms with Crippen molar-refractivity contribution in [2.45, 2.75) is 60.8 Å². The monoisotopic (exact) mass is 433 g/mol. The number of hydrogen-bond donors (Lipinski definition) is 2. The molecule has 1 unspecified atom stereocenters. The van der Waals surface area contributed by atoms with E-state index in [0.29, 0.717) is 24.1 Å². The number of amides is 2. The van der Waals surface area contributed by atoms with E-state index in [1.807, 2.05) is 25.1 Å². The lowest BCUT2D eigenvalue weighted by Crippen LogP contribution is -2.34. The van der Waals surface area contributed by atoms with Gasteiger partial charge in [0.25, 0.3) is 0 Å². The highest BCUT2D eigenvalue weighted by Gasteiger charge is 2.19. The molecule has 2 amide bonds. The summed E-state index contributed by atoms with van der Waals surface area (Å²) in [5, 5.41) is 5.49. The first-order chi connectivity index (χ1) is 14.5. The SMILES string of the molecule is CCOC(=O)CC(C)c1ccc(N(CC(C)C)CC(C)C)c(NC(=O)CNC(C)=O)c1. The number of anilines is 2. The maximum atomic E-state index is 12.5. The summed E-state index contributed by atoms with van der Waals surface area (Å²) in [5.74, 6) is 0.0570. The van der Waals surface area contributed by atoms with Gasteiger partial charge in [-0.05, 0) is 42.4 Å². The molecule has 0 aliphatic carbocycles. The van der Waals surface area contributed by atoms with Gasteiger partial charge in [0.2, 0.25) is 11.8 Å². The lowest BCUT2D eigenvalue weighted by atomic mass is 9.96. The van der Waals surface area contributed by atoms with Gasteiger partial charge in [-0.25, -0.2) is 0 Å². The molecule has 1 aromatic rings. The molecule has 7 nitrogen and oxygen atoms in total. The zero-order valence-corrected chi connectivity index (χ0v) is 20.1. The van der Waals surface area contributed by atoms with E-state index in [1.54, 1.807) is 6.92 Å². The molecule has 0 saturated carbocycles. The van der Waals surface area contributed by atoms with Crippen LogP contribution >= 0.6 is 0 Å². The number of esters is 1. The zero-order chi connectivity index (χ0) is 23.6. The van der Waals surface area contributed by atoms with Crippen molar-refractivity contribution < 1.29 is 19.1 Å². The molecule has 0 bridgehead atoms. The van der Waals surface area contributed by atoms with Crippen LogP contribution in [0, 0.1) is 11.8 Å². The molecule has 174 valence electrons. The van der Waals surface area contributed by atoms with E-state index < -0.39 is 0 Å². The van der Waals surface area contributed by atoms with Crippen LogP contribution in [0.4, 0.5) is 11.4 Å². The molecule has 0 aliphatic rings. The molecule has 0 aromatic heterocycles. The molecular weight excluding hydrogens is 394 g/mol. The van der Waals surface area contributed by atoms with Crippen LogP contribution < -0.4 is 15.5 Å². The summed E-state index contributed by atoms with van der Waals surface area (Å²) < 4.78 is 5.08. The van der Waals surface area contributed by atoms with Gasteiger partial charge in [0, 0.05) is 20.0 Å². The Morgan fingerprint density at radius 1 is 1.03 bits per heavy atom. The van der Waals surface area contributed by atoms with E-state index in [1.165, 1.54) is 6.92 Å². The van der Waals surface area contributed by atoms with E-state index in [9.17, 15) is 14.4 Å². The van der Waals surface area contributed by atoms with Gasteiger partial charge in [0.1, 0.15) is 0 Å². The van der Waals surface area contributed by atoms with Gasteiger partial charge >= 0.3 is 5.97 Å². The highest BCUT2D eigenvalue weighted by molar-refractivity contribution is 5.97. The van der Waals surface area contributed by atoms with Crippen molar-refractivity contribution in [3.63, 3.8) is 0 Å². The minimum Gasteiger partial charge on any atom is -0.466 e. The normalized spacial score (nSPS) is 11.9. The first-order valence-electron chi connectivity index (χ1n) is 11.1. The van der Waals surface area contributed by atoms with Crippen LogP contribution in [0.5, 0.6) is 0 Å². The second-order valence-electron chi connectivity index (χ2n) is 8.84. The Labute approximate surface area is 186 Å². The van der Waals surface area contributed by atoms with E-state index >= 15 is 0 Å². The second-order valence-corrected chi connectivity index (χ2v) is 8.84. The van der Waals surface area contributed by atoms with Gasteiger partial charge in [0.05, 0.1) is 30.9 Å². The Balaban J connectivity index is 3.25. The molecule has 0 fully saturated rings. The fourth-order valence-corrected chi connectivity index (χ4v) is 3.38. The fourth-order valence-electron chi connectivity index (χ4n) is 3.38. The van der Waals surface area contributed by atoms with Crippen molar-refractivity contribution >= 4 is 29.2 Å². The van der Waals surface area contributed by atoms with Crippen molar-refractivity contribution in [2.75, 3.05) is 36.5 Å². The fraction of sp³-hybridized carbons (Fsp3) is 0.625. The van der Waals surface area contributed by atoms with Crippen LogP contribution in [0.3, 0.4) is 0 Å². The van der Waals surface area contributed by atoms with Gasteiger partial charge in [-0.3, -0.25) is 14.4 Å². The standard InChI is InChI=1S/C24H39N3O4/c1-8-31-24(30)11-18(6)20-9-10-22(27(14-16(2)3)15-17(4)5)21(12-20)26-23(29)13-25-19(7)28/h9-10,12,16-18H,8,11,13-15H2,1-7H3,(H,25,28)(H,26,29). The molecule has 0 radical (unpaired) electrons. The minimum atomic E-state index is -0.291. The van der Waals surface area contributed by atoms with Crippen LogP contribution in [0.25, 0.3) is 0 Å². The van der Waals surface area contributed by atoms with Crippen LogP contribution in [0.2, 0.25) is 0 Å². The molecule has 31 heavy (non-hydrogen) atoms. The quantitative estimate of drug-likeness (QED) is 0.488. The molecule has 1 aromatic carbocycles. The van der Waals surface area contributed by atoms with Crippen LogP contribution in [0.1, 0.15) is 66.4 Å². The summed E-state index contributed by atoms with van der Waals surface area (Å²) in [7, 11) is 0. The number of ether oxygens (including phenoxy) is 1. The van der Waals surface area contributed by atoms with Crippen molar-refractivity contribution in [1.29, 1.82) is 0 Å². The number of carbonyl (C=O) groups excluding carboxylic acids is 3. The van der Waals surface area contributed by atoms with Gasteiger partial charge in [-0.2, -0.15) is 0 Å². The highest BCUT2D eigenvalue weighted by Crippen LogP contribution is 2.32. The maximum Gasteiger partial charge on any atom is 0.306 e. The zero-order valence-electron chi connectivity index (χ0n) is 20.1. The van der Waals surface area contributed by atoms with E-state index in [-0.39, 0.29) is 36.7 Å². The highest BCUT2D eigenvalue weighted by atomic mass is 16.5. The van der Waals surface area contributed by atoms with Crippen molar-refractivity contribution in [2.24, 2.45) is 11.8 Å². The molecule has 0 saturated heterocycles. The number of carbonyl (C=O) groups is 3. The Morgan fingerprint density at radius 2 is 1.65 bits per heavy atom. The summed E-state index contributed by atoms with van der Waals surface area (Å²) in [4.78, 5) is 37.8. The molecule has 1 atom stereocenters. The predicted molar refractivity (Wildman–Crippen MR) is 125 cm³/mol.